The summed E-state index contributed by atoms with van der Waals surface area (Å²) in [5.74, 6) is -0.0220. The summed E-state index contributed by atoms with van der Waals surface area (Å²) in [5, 5.41) is 12.5. The molecule has 3 unspecified atom stereocenters. The monoisotopic (exact) mass is 229 g/mol. The third-order valence-corrected chi connectivity index (χ3v) is 3.00. The average Bonchev–Trinajstić information content (AvgIpc) is 2.27. The minimum Gasteiger partial charge on any atom is -0.466 e. The number of hydrogen-bond donors (Lipinski definition) is 2. The number of ether oxygens (including phenoxy) is 1. The van der Waals surface area contributed by atoms with Gasteiger partial charge in [0.15, 0.2) is 0 Å². The van der Waals surface area contributed by atoms with Crippen LogP contribution in [0.1, 0.15) is 39.5 Å². The van der Waals surface area contributed by atoms with Crippen molar-refractivity contribution in [1.82, 2.24) is 5.32 Å². The van der Waals surface area contributed by atoms with Crippen LogP contribution in [-0.4, -0.2) is 36.4 Å². The first kappa shape index (κ1) is 13.5. The molecular formula is C12H23NO3. The molecule has 4 nitrogen and oxygen atoms in total. The van der Waals surface area contributed by atoms with E-state index >= 15 is 0 Å². The zero-order chi connectivity index (χ0) is 12.0. The SMILES string of the molecule is CCOC(=O)C1CCCC(NCC(C)O)C1. The molecule has 0 aliphatic heterocycles. The summed E-state index contributed by atoms with van der Waals surface area (Å²) in [5.41, 5.74) is 0. The Bertz CT molecular complexity index is 218. The minimum atomic E-state index is -0.331. The number of aliphatic hydroxyl groups is 1. The molecule has 1 fully saturated rings. The molecular weight excluding hydrogens is 206 g/mol. The van der Waals surface area contributed by atoms with Gasteiger partial charge in [0.2, 0.25) is 0 Å². The van der Waals surface area contributed by atoms with Gasteiger partial charge in [-0.25, -0.2) is 0 Å². The van der Waals surface area contributed by atoms with E-state index in [1.54, 1.807) is 6.92 Å². The van der Waals surface area contributed by atoms with Crippen LogP contribution in [-0.2, 0) is 9.53 Å². The molecule has 16 heavy (non-hydrogen) atoms. The summed E-state index contributed by atoms with van der Waals surface area (Å²) in [6.45, 7) is 4.66. The number of carbonyl (C=O) groups excluding carboxylic acids is 1. The van der Waals surface area contributed by atoms with Crippen LogP contribution >= 0.6 is 0 Å². The van der Waals surface area contributed by atoms with E-state index in [1.165, 1.54) is 0 Å². The molecule has 1 saturated carbocycles. The van der Waals surface area contributed by atoms with Crippen LogP contribution in [0.3, 0.4) is 0 Å². The van der Waals surface area contributed by atoms with Gasteiger partial charge in [0.05, 0.1) is 18.6 Å². The van der Waals surface area contributed by atoms with Crippen LogP contribution in [0.2, 0.25) is 0 Å². The highest BCUT2D eigenvalue weighted by molar-refractivity contribution is 5.72. The standard InChI is InChI=1S/C12H23NO3/c1-3-16-12(15)10-5-4-6-11(7-10)13-8-9(2)14/h9-11,13-14H,3-8H2,1-2H3. The van der Waals surface area contributed by atoms with Crippen molar-refractivity contribution in [3.8, 4) is 0 Å². The third-order valence-electron chi connectivity index (χ3n) is 3.00. The van der Waals surface area contributed by atoms with Crippen LogP contribution in [0.25, 0.3) is 0 Å². The molecule has 0 saturated heterocycles. The zero-order valence-corrected chi connectivity index (χ0v) is 10.2. The summed E-state index contributed by atoms with van der Waals surface area (Å²) < 4.78 is 5.04. The summed E-state index contributed by atoms with van der Waals surface area (Å²) in [7, 11) is 0. The topological polar surface area (TPSA) is 58.6 Å². The highest BCUT2D eigenvalue weighted by Crippen LogP contribution is 2.25. The summed E-state index contributed by atoms with van der Waals surface area (Å²) in [4.78, 5) is 11.6. The minimum absolute atomic E-state index is 0.0419. The van der Waals surface area contributed by atoms with Gasteiger partial charge in [-0.1, -0.05) is 6.42 Å². The molecule has 0 spiro atoms. The lowest BCUT2D eigenvalue weighted by Gasteiger charge is -2.28. The number of nitrogens with one attached hydrogen (secondary N) is 1. The van der Waals surface area contributed by atoms with Gasteiger partial charge in [-0.05, 0) is 33.1 Å². The molecule has 94 valence electrons. The van der Waals surface area contributed by atoms with Gasteiger partial charge in [0.1, 0.15) is 0 Å². The Morgan fingerprint density at radius 2 is 2.31 bits per heavy atom. The van der Waals surface area contributed by atoms with Crippen molar-refractivity contribution in [1.29, 1.82) is 0 Å². The van der Waals surface area contributed by atoms with Crippen LogP contribution in [0.5, 0.6) is 0 Å². The lowest BCUT2D eigenvalue weighted by Crippen LogP contribution is -2.39. The normalized spacial score (nSPS) is 27.4. The number of aliphatic hydroxyl groups excluding tert-OH is 1. The third kappa shape index (κ3) is 4.49. The lowest BCUT2D eigenvalue weighted by atomic mass is 9.85. The zero-order valence-electron chi connectivity index (χ0n) is 10.2. The summed E-state index contributed by atoms with van der Waals surface area (Å²) in [6.07, 6.45) is 3.59. The molecule has 0 heterocycles. The summed E-state index contributed by atoms with van der Waals surface area (Å²) in [6, 6.07) is 0.345. The van der Waals surface area contributed by atoms with Gasteiger partial charge in [0, 0.05) is 12.6 Å². The van der Waals surface area contributed by atoms with Crippen LogP contribution in [0, 0.1) is 5.92 Å². The van der Waals surface area contributed by atoms with Crippen molar-refractivity contribution >= 4 is 5.97 Å². The second kappa shape index (κ2) is 6.86. The molecule has 1 aliphatic rings. The Labute approximate surface area is 97.4 Å². The van der Waals surface area contributed by atoms with Crippen LogP contribution in [0.4, 0.5) is 0 Å². The Hall–Kier alpha value is -0.610. The van der Waals surface area contributed by atoms with Gasteiger partial charge < -0.3 is 15.2 Å². The first-order valence-electron chi connectivity index (χ1n) is 6.21. The molecule has 4 heteroatoms. The molecule has 1 rings (SSSR count). The van der Waals surface area contributed by atoms with Crippen molar-refractivity contribution in [2.24, 2.45) is 5.92 Å². The van der Waals surface area contributed by atoms with Gasteiger partial charge in [-0.2, -0.15) is 0 Å². The van der Waals surface area contributed by atoms with Crippen molar-refractivity contribution in [2.75, 3.05) is 13.2 Å². The lowest BCUT2D eigenvalue weighted by molar-refractivity contribution is -0.149. The van der Waals surface area contributed by atoms with Gasteiger partial charge in [-0.15, -0.1) is 0 Å². The largest absolute Gasteiger partial charge is 0.466 e. The highest BCUT2D eigenvalue weighted by Gasteiger charge is 2.27. The second-order valence-corrected chi connectivity index (χ2v) is 4.57. The Kier molecular flexibility index (Phi) is 5.77. The van der Waals surface area contributed by atoms with E-state index < -0.39 is 0 Å². The molecule has 0 bridgehead atoms. The first-order chi connectivity index (χ1) is 7.63. The maximum atomic E-state index is 11.6. The van der Waals surface area contributed by atoms with Crippen molar-refractivity contribution in [3.05, 3.63) is 0 Å². The molecule has 0 amide bonds. The fourth-order valence-electron chi connectivity index (χ4n) is 2.19. The fraction of sp³-hybridized carbons (Fsp3) is 0.917. The van der Waals surface area contributed by atoms with E-state index in [1.807, 2.05) is 6.92 Å². The molecule has 3 atom stereocenters. The maximum absolute atomic E-state index is 11.6. The Morgan fingerprint density at radius 3 is 2.94 bits per heavy atom. The van der Waals surface area contributed by atoms with E-state index in [2.05, 4.69) is 5.32 Å². The van der Waals surface area contributed by atoms with Crippen molar-refractivity contribution < 1.29 is 14.6 Å². The van der Waals surface area contributed by atoms with Gasteiger partial charge in [0.25, 0.3) is 0 Å². The van der Waals surface area contributed by atoms with E-state index in [-0.39, 0.29) is 18.0 Å². The van der Waals surface area contributed by atoms with Crippen LogP contribution < -0.4 is 5.32 Å². The van der Waals surface area contributed by atoms with E-state index in [4.69, 9.17) is 4.74 Å². The second-order valence-electron chi connectivity index (χ2n) is 4.57. The number of rotatable bonds is 5. The molecule has 2 N–H and O–H groups in total. The van der Waals surface area contributed by atoms with E-state index in [0.717, 1.165) is 25.7 Å². The Morgan fingerprint density at radius 1 is 1.56 bits per heavy atom. The molecule has 0 radical (unpaired) electrons. The maximum Gasteiger partial charge on any atom is 0.308 e. The molecule has 1 aliphatic carbocycles. The van der Waals surface area contributed by atoms with Crippen molar-refractivity contribution in [3.63, 3.8) is 0 Å². The number of esters is 1. The predicted octanol–water partition coefficient (Wildman–Crippen LogP) is 1.08. The Balaban J connectivity index is 2.32. The highest BCUT2D eigenvalue weighted by atomic mass is 16.5. The van der Waals surface area contributed by atoms with E-state index in [0.29, 0.717) is 19.2 Å². The molecule has 0 aromatic rings. The quantitative estimate of drug-likeness (QED) is 0.693. The van der Waals surface area contributed by atoms with E-state index in [9.17, 15) is 9.90 Å². The van der Waals surface area contributed by atoms with Gasteiger partial charge in [-0.3, -0.25) is 4.79 Å². The fourth-order valence-corrected chi connectivity index (χ4v) is 2.19. The van der Waals surface area contributed by atoms with Gasteiger partial charge >= 0.3 is 5.97 Å². The average molecular weight is 229 g/mol. The number of carbonyl (C=O) groups is 1. The molecule has 0 aromatic heterocycles. The first-order valence-corrected chi connectivity index (χ1v) is 6.21. The predicted molar refractivity (Wildman–Crippen MR) is 62.1 cm³/mol. The number of hydrogen-bond acceptors (Lipinski definition) is 4. The van der Waals surface area contributed by atoms with Crippen LogP contribution in [0.15, 0.2) is 0 Å². The summed E-state index contributed by atoms with van der Waals surface area (Å²) >= 11 is 0. The van der Waals surface area contributed by atoms with Crippen molar-refractivity contribution in [2.45, 2.75) is 51.7 Å². The smallest absolute Gasteiger partial charge is 0.308 e. The molecule has 0 aromatic carbocycles.